The first kappa shape index (κ1) is 24.2. The van der Waals surface area contributed by atoms with Crippen molar-refractivity contribution in [2.75, 3.05) is 5.32 Å². The highest BCUT2D eigenvalue weighted by Gasteiger charge is 2.20. The lowest BCUT2D eigenvalue weighted by atomic mass is 9.99. The highest BCUT2D eigenvalue weighted by molar-refractivity contribution is 7.17. The van der Waals surface area contributed by atoms with E-state index in [2.05, 4.69) is 15.5 Å². The third kappa shape index (κ3) is 5.07. The smallest absolute Gasteiger partial charge is 0.412 e. The Kier molecular flexibility index (Phi) is 6.70. The number of aliphatic carboxylic acids is 1. The summed E-state index contributed by atoms with van der Waals surface area (Å²) < 4.78 is 11.9. The predicted octanol–water partition coefficient (Wildman–Crippen LogP) is 6.86. The summed E-state index contributed by atoms with van der Waals surface area (Å²) in [6.07, 6.45) is -1.08. The SMILES string of the molecule is Cc1noc(-c2ccc(-c3ccc(CC(=O)O)c4scnc34)cc2)c1NC(=O)OC(C)c1ccccc1. The number of carboxylic acid groups (broad SMARTS) is 1. The molecule has 0 spiro atoms. The van der Waals surface area contributed by atoms with Crippen LogP contribution in [0.25, 0.3) is 32.7 Å². The summed E-state index contributed by atoms with van der Waals surface area (Å²) in [5.41, 5.74) is 7.65. The Bertz CT molecular complexity index is 1570. The van der Waals surface area contributed by atoms with E-state index in [1.807, 2.05) is 73.7 Å². The van der Waals surface area contributed by atoms with Crippen LogP contribution in [0.1, 0.15) is 29.8 Å². The summed E-state index contributed by atoms with van der Waals surface area (Å²) in [6.45, 7) is 3.55. The average molecular weight is 514 g/mol. The number of thiazole rings is 1. The van der Waals surface area contributed by atoms with Gasteiger partial charge >= 0.3 is 12.1 Å². The topological polar surface area (TPSA) is 115 Å². The van der Waals surface area contributed by atoms with Gasteiger partial charge in [0.15, 0.2) is 5.76 Å². The lowest BCUT2D eigenvalue weighted by molar-refractivity contribution is -0.136. The minimum absolute atomic E-state index is 0.0505. The third-order valence-electron chi connectivity index (χ3n) is 6.01. The fourth-order valence-electron chi connectivity index (χ4n) is 4.14. The predicted molar refractivity (Wildman–Crippen MR) is 142 cm³/mol. The lowest BCUT2D eigenvalue weighted by Crippen LogP contribution is -2.16. The quantitative estimate of drug-likeness (QED) is 0.244. The number of aryl methyl sites for hydroxylation is 1. The highest BCUT2D eigenvalue weighted by Crippen LogP contribution is 2.36. The van der Waals surface area contributed by atoms with Gasteiger partial charge in [-0.2, -0.15) is 0 Å². The van der Waals surface area contributed by atoms with Crippen LogP contribution in [0.3, 0.4) is 0 Å². The lowest BCUT2D eigenvalue weighted by Gasteiger charge is -2.14. The van der Waals surface area contributed by atoms with Crippen molar-refractivity contribution >= 4 is 39.3 Å². The molecule has 5 aromatic rings. The summed E-state index contributed by atoms with van der Waals surface area (Å²) in [5.74, 6) is -0.457. The van der Waals surface area contributed by atoms with Crippen molar-refractivity contribution in [3.8, 4) is 22.5 Å². The number of benzene rings is 3. The molecule has 0 aliphatic heterocycles. The summed E-state index contributed by atoms with van der Waals surface area (Å²) in [6, 6.07) is 20.8. The molecule has 0 radical (unpaired) electrons. The van der Waals surface area contributed by atoms with E-state index in [9.17, 15) is 14.7 Å². The van der Waals surface area contributed by atoms with Crippen LogP contribution in [0.4, 0.5) is 10.5 Å². The Labute approximate surface area is 216 Å². The number of hydrogen-bond donors (Lipinski definition) is 2. The molecule has 186 valence electrons. The normalized spacial score (nSPS) is 11.8. The minimum Gasteiger partial charge on any atom is -0.481 e. The average Bonchev–Trinajstić information content (AvgIpc) is 3.52. The van der Waals surface area contributed by atoms with Gasteiger partial charge in [-0.15, -0.1) is 11.3 Å². The van der Waals surface area contributed by atoms with Gasteiger partial charge in [0.2, 0.25) is 0 Å². The van der Waals surface area contributed by atoms with Crippen LogP contribution in [-0.2, 0) is 16.0 Å². The number of aromatic nitrogens is 2. The number of carbonyl (C=O) groups is 2. The third-order valence-corrected chi connectivity index (χ3v) is 6.91. The molecule has 0 aliphatic rings. The van der Waals surface area contributed by atoms with Gasteiger partial charge < -0.3 is 14.4 Å². The monoisotopic (exact) mass is 513 g/mol. The van der Waals surface area contributed by atoms with Gasteiger partial charge in [0.25, 0.3) is 0 Å². The second kappa shape index (κ2) is 10.2. The van der Waals surface area contributed by atoms with Crippen LogP contribution in [0, 0.1) is 6.92 Å². The molecule has 5 rings (SSSR count). The molecular weight excluding hydrogens is 490 g/mol. The molecule has 2 heterocycles. The van der Waals surface area contributed by atoms with Gasteiger partial charge in [0, 0.05) is 11.1 Å². The molecule has 2 aromatic heterocycles. The number of amides is 1. The summed E-state index contributed by atoms with van der Waals surface area (Å²) in [4.78, 5) is 28.3. The number of ether oxygens (including phenoxy) is 1. The zero-order valence-corrected chi connectivity index (χ0v) is 20.9. The molecule has 8 nitrogen and oxygen atoms in total. The van der Waals surface area contributed by atoms with Crippen molar-refractivity contribution in [1.82, 2.24) is 10.1 Å². The summed E-state index contributed by atoms with van der Waals surface area (Å²) in [5, 5.41) is 16.0. The van der Waals surface area contributed by atoms with E-state index in [0.717, 1.165) is 38.0 Å². The van der Waals surface area contributed by atoms with Crippen LogP contribution in [0.15, 0.2) is 76.8 Å². The molecule has 1 unspecified atom stereocenters. The maximum absolute atomic E-state index is 12.6. The molecule has 0 saturated carbocycles. The van der Waals surface area contributed by atoms with Gasteiger partial charge in [-0.1, -0.05) is 71.9 Å². The standard InChI is InChI=1S/C28H23N3O5S/c1-16-24(30-28(34)35-17(2)18-6-4-3-5-7-18)26(36-31-16)20-10-8-19(9-11-20)22-13-12-21(14-23(32)33)27-25(22)29-15-37-27/h3-13,15,17H,14H2,1-2H3,(H,30,34)(H,32,33). The Balaban J connectivity index is 1.37. The Morgan fingerprint density at radius 1 is 1.05 bits per heavy atom. The van der Waals surface area contributed by atoms with E-state index >= 15 is 0 Å². The molecule has 0 fully saturated rings. The molecule has 1 atom stereocenters. The Morgan fingerprint density at radius 3 is 2.51 bits per heavy atom. The van der Waals surface area contributed by atoms with Gasteiger partial charge in [0.1, 0.15) is 17.5 Å². The number of hydrogen-bond acceptors (Lipinski definition) is 7. The van der Waals surface area contributed by atoms with Crippen molar-refractivity contribution in [3.63, 3.8) is 0 Å². The van der Waals surface area contributed by atoms with Gasteiger partial charge in [0.05, 0.1) is 22.1 Å². The number of carbonyl (C=O) groups excluding carboxylic acids is 1. The summed E-state index contributed by atoms with van der Waals surface area (Å²) >= 11 is 1.43. The molecule has 37 heavy (non-hydrogen) atoms. The number of rotatable bonds is 7. The van der Waals surface area contributed by atoms with E-state index < -0.39 is 18.2 Å². The number of nitrogens with one attached hydrogen (secondary N) is 1. The number of anilines is 1. The maximum Gasteiger partial charge on any atom is 0.412 e. The molecule has 1 amide bonds. The van der Waals surface area contributed by atoms with E-state index in [-0.39, 0.29) is 6.42 Å². The molecule has 0 aliphatic carbocycles. The number of fused-ring (bicyclic) bond motifs is 1. The molecule has 3 aromatic carbocycles. The first-order valence-electron chi connectivity index (χ1n) is 11.6. The van der Waals surface area contributed by atoms with E-state index in [1.165, 1.54) is 11.3 Å². The van der Waals surface area contributed by atoms with Crippen LogP contribution in [0.5, 0.6) is 0 Å². The van der Waals surface area contributed by atoms with Crippen LogP contribution < -0.4 is 5.32 Å². The van der Waals surface area contributed by atoms with E-state index in [4.69, 9.17) is 9.26 Å². The van der Waals surface area contributed by atoms with Crippen molar-refractivity contribution < 1.29 is 24.0 Å². The zero-order chi connectivity index (χ0) is 25.9. The van der Waals surface area contributed by atoms with Gasteiger partial charge in [-0.05, 0) is 30.5 Å². The van der Waals surface area contributed by atoms with Gasteiger partial charge in [-0.3, -0.25) is 10.1 Å². The van der Waals surface area contributed by atoms with Crippen molar-refractivity contribution in [2.45, 2.75) is 26.4 Å². The Hall–Kier alpha value is -4.50. The van der Waals surface area contributed by atoms with Crippen LogP contribution in [0.2, 0.25) is 0 Å². The Morgan fingerprint density at radius 2 is 1.78 bits per heavy atom. The zero-order valence-electron chi connectivity index (χ0n) is 20.1. The summed E-state index contributed by atoms with van der Waals surface area (Å²) in [7, 11) is 0. The largest absolute Gasteiger partial charge is 0.481 e. The van der Waals surface area contributed by atoms with Crippen LogP contribution >= 0.6 is 11.3 Å². The van der Waals surface area contributed by atoms with Crippen molar-refractivity contribution in [3.05, 3.63) is 89.1 Å². The van der Waals surface area contributed by atoms with E-state index in [0.29, 0.717) is 17.1 Å². The molecule has 2 N–H and O–H groups in total. The van der Waals surface area contributed by atoms with Crippen LogP contribution in [-0.4, -0.2) is 27.3 Å². The van der Waals surface area contributed by atoms with Gasteiger partial charge in [-0.25, -0.2) is 9.78 Å². The highest BCUT2D eigenvalue weighted by atomic mass is 32.1. The minimum atomic E-state index is -0.878. The molecule has 9 heteroatoms. The first-order valence-corrected chi connectivity index (χ1v) is 12.4. The molecule has 0 bridgehead atoms. The maximum atomic E-state index is 12.6. The van der Waals surface area contributed by atoms with Crippen molar-refractivity contribution in [2.24, 2.45) is 0 Å². The fourth-order valence-corrected chi connectivity index (χ4v) is 4.97. The second-order valence-electron chi connectivity index (χ2n) is 8.51. The number of carboxylic acids is 1. The molecule has 0 saturated heterocycles. The fraction of sp³-hybridized carbons (Fsp3) is 0.143. The van der Waals surface area contributed by atoms with Crippen molar-refractivity contribution in [1.29, 1.82) is 0 Å². The van der Waals surface area contributed by atoms with E-state index in [1.54, 1.807) is 12.4 Å². The second-order valence-corrected chi connectivity index (χ2v) is 9.36. The first-order chi connectivity index (χ1) is 17.9. The molecular formula is C28H23N3O5S. The number of nitrogens with zero attached hydrogens (tertiary/aromatic N) is 2.